The van der Waals surface area contributed by atoms with Crippen molar-refractivity contribution in [2.75, 3.05) is 0 Å². The molecule has 1 amide bonds. The van der Waals surface area contributed by atoms with Gasteiger partial charge >= 0.3 is 0 Å². The Balaban J connectivity index is 1.73. The molecule has 1 aromatic rings. The van der Waals surface area contributed by atoms with Crippen LogP contribution in [-0.4, -0.2) is 29.1 Å². The van der Waals surface area contributed by atoms with Gasteiger partial charge in [-0.1, -0.05) is 12.1 Å². The minimum Gasteiger partial charge on any atom is -0.388 e. The summed E-state index contributed by atoms with van der Waals surface area (Å²) in [4.78, 5) is 11.1. The smallest absolute Gasteiger partial charge is 0.217 e. The van der Waals surface area contributed by atoms with Crippen molar-refractivity contribution in [2.45, 2.75) is 70.2 Å². The molecular formula is C18H27FN2O2. The van der Waals surface area contributed by atoms with Crippen LogP contribution in [0.25, 0.3) is 0 Å². The van der Waals surface area contributed by atoms with Crippen molar-refractivity contribution in [2.24, 2.45) is 0 Å². The maximum Gasteiger partial charge on any atom is 0.217 e. The summed E-state index contributed by atoms with van der Waals surface area (Å²) < 4.78 is 12.9. The lowest BCUT2D eigenvalue weighted by Gasteiger charge is -2.32. The van der Waals surface area contributed by atoms with E-state index in [2.05, 4.69) is 17.6 Å². The fraction of sp³-hybridized carbons (Fsp3) is 0.611. The van der Waals surface area contributed by atoms with E-state index >= 15 is 0 Å². The molecule has 0 unspecified atom stereocenters. The average Bonchev–Trinajstić information content (AvgIpc) is 2.49. The fourth-order valence-electron chi connectivity index (χ4n) is 3.32. The van der Waals surface area contributed by atoms with Crippen LogP contribution in [0.4, 0.5) is 4.39 Å². The second-order valence-corrected chi connectivity index (χ2v) is 6.62. The first-order valence-corrected chi connectivity index (χ1v) is 8.40. The van der Waals surface area contributed by atoms with E-state index in [0.29, 0.717) is 18.5 Å². The largest absolute Gasteiger partial charge is 0.388 e. The number of halogens is 1. The van der Waals surface area contributed by atoms with E-state index in [9.17, 15) is 14.3 Å². The van der Waals surface area contributed by atoms with E-state index in [4.69, 9.17) is 0 Å². The van der Waals surface area contributed by atoms with Crippen LogP contribution in [0.1, 0.15) is 57.6 Å². The third-order valence-corrected chi connectivity index (χ3v) is 4.49. The third kappa shape index (κ3) is 5.92. The summed E-state index contributed by atoms with van der Waals surface area (Å²) in [7, 11) is 0. The first-order chi connectivity index (χ1) is 10.9. The molecule has 0 aliphatic heterocycles. The highest BCUT2D eigenvalue weighted by molar-refractivity contribution is 5.73. The molecule has 0 bridgehead atoms. The topological polar surface area (TPSA) is 61.4 Å². The SMILES string of the molecule is CC(=O)NC1CCC(N[C@H](C)C[C@H](O)c2ccc(F)cc2)CC1. The van der Waals surface area contributed by atoms with Gasteiger partial charge in [0.1, 0.15) is 5.82 Å². The maximum absolute atomic E-state index is 12.9. The van der Waals surface area contributed by atoms with Gasteiger partial charge in [-0.25, -0.2) is 4.39 Å². The summed E-state index contributed by atoms with van der Waals surface area (Å²) >= 11 is 0. The van der Waals surface area contributed by atoms with Crippen molar-refractivity contribution in [1.82, 2.24) is 10.6 Å². The summed E-state index contributed by atoms with van der Waals surface area (Å²) in [6.07, 6.45) is 4.05. The van der Waals surface area contributed by atoms with Crippen LogP contribution in [0.3, 0.4) is 0 Å². The van der Waals surface area contributed by atoms with Crippen LogP contribution in [0.15, 0.2) is 24.3 Å². The minimum atomic E-state index is -0.589. The minimum absolute atomic E-state index is 0.0391. The monoisotopic (exact) mass is 322 g/mol. The lowest BCUT2D eigenvalue weighted by molar-refractivity contribution is -0.119. The standard InChI is InChI=1S/C18H27FN2O2/c1-12(11-18(23)14-3-5-15(19)6-4-14)20-16-7-9-17(10-8-16)21-13(2)22/h3-6,12,16-18,20,23H,7-11H2,1-2H3,(H,21,22)/t12-,16?,17?,18+/m1/s1. The summed E-state index contributed by atoms with van der Waals surface area (Å²) in [6, 6.07) is 6.91. The number of hydrogen-bond donors (Lipinski definition) is 3. The highest BCUT2D eigenvalue weighted by Gasteiger charge is 2.23. The van der Waals surface area contributed by atoms with Crippen molar-refractivity contribution in [3.8, 4) is 0 Å². The predicted octanol–water partition coefficient (Wildman–Crippen LogP) is 2.67. The Kier molecular flexibility index (Phi) is 6.54. The Morgan fingerprint density at radius 3 is 2.35 bits per heavy atom. The first-order valence-electron chi connectivity index (χ1n) is 8.40. The van der Waals surface area contributed by atoms with Gasteiger partial charge in [0.2, 0.25) is 5.91 Å². The maximum atomic E-state index is 12.9. The van der Waals surface area contributed by atoms with Crippen LogP contribution in [0.2, 0.25) is 0 Å². The number of amides is 1. The lowest BCUT2D eigenvalue weighted by atomic mass is 9.90. The second kappa shape index (κ2) is 8.41. The number of benzene rings is 1. The van der Waals surface area contributed by atoms with E-state index in [-0.39, 0.29) is 17.8 Å². The summed E-state index contributed by atoms with van der Waals surface area (Å²) in [5.41, 5.74) is 0.745. The van der Waals surface area contributed by atoms with E-state index in [1.165, 1.54) is 12.1 Å². The number of aliphatic hydroxyl groups excluding tert-OH is 1. The average molecular weight is 322 g/mol. The van der Waals surface area contributed by atoms with E-state index in [1.54, 1.807) is 19.1 Å². The van der Waals surface area contributed by atoms with Crippen molar-refractivity contribution >= 4 is 5.91 Å². The molecule has 0 saturated heterocycles. The van der Waals surface area contributed by atoms with Crippen LogP contribution in [0.5, 0.6) is 0 Å². The molecule has 2 rings (SSSR count). The van der Waals surface area contributed by atoms with Crippen molar-refractivity contribution < 1.29 is 14.3 Å². The Morgan fingerprint density at radius 2 is 1.78 bits per heavy atom. The first kappa shape index (κ1) is 17.9. The zero-order valence-corrected chi connectivity index (χ0v) is 13.9. The molecule has 5 heteroatoms. The number of hydrogen-bond acceptors (Lipinski definition) is 3. The van der Waals surface area contributed by atoms with Crippen LogP contribution in [-0.2, 0) is 4.79 Å². The Morgan fingerprint density at radius 1 is 1.22 bits per heavy atom. The molecule has 4 nitrogen and oxygen atoms in total. The molecule has 1 saturated carbocycles. The molecule has 0 radical (unpaired) electrons. The summed E-state index contributed by atoms with van der Waals surface area (Å²) in [5.74, 6) is -0.250. The van der Waals surface area contributed by atoms with Gasteiger partial charge < -0.3 is 15.7 Å². The molecule has 0 aromatic heterocycles. The summed E-state index contributed by atoms with van der Waals surface area (Å²) in [5, 5.41) is 16.8. The van der Waals surface area contributed by atoms with E-state index < -0.39 is 6.10 Å². The Hall–Kier alpha value is -1.46. The molecule has 1 aromatic carbocycles. The van der Waals surface area contributed by atoms with Gasteiger partial charge in [0.15, 0.2) is 0 Å². The molecule has 1 fully saturated rings. The molecule has 0 spiro atoms. The molecule has 3 N–H and O–H groups in total. The van der Waals surface area contributed by atoms with Crippen LogP contribution < -0.4 is 10.6 Å². The van der Waals surface area contributed by atoms with E-state index in [0.717, 1.165) is 31.2 Å². The highest BCUT2D eigenvalue weighted by Crippen LogP contribution is 2.22. The molecule has 1 aliphatic carbocycles. The number of carbonyl (C=O) groups excluding carboxylic acids is 1. The zero-order chi connectivity index (χ0) is 16.8. The van der Waals surface area contributed by atoms with Crippen molar-refractivity contribution in [1.29, 1.82) is 0 Å². The molecule has 23 heavy (non-hydrogen) atoms. The van der Waals surface area contributed by atoms with Crippen LogP contribution in [0, 0.1) is 5.82 Å². The van der Waals surface area contributed by atoms with Crippen molar-refractivity contribution in [3.05, 3.63) is 35.6 Å². The van der Waals surface area contributed by atoms with Gasteiger partial charge in [-0.3, -0.25) is 4.79 Å². The van der Waals surface area contributed by atoms with Crippen LogP contribution >= 0.6 is 0 Å². The van der Waals surface area contributed by atoms with Gasteiger partial charge in [0, 0.05) is 25.0 Å². The Labute approximate surface area is 137 Å². The molecule has 0 heterocycles. The molecule has 1 aliphatic rings. The fourth-order valence-corrected chi connectivity index (χ4v) is 3.32. The molecule has 128 valence electrons. The van der Waals surface area contributed by atoms with Gasteiger partial charge in [0.05, 0.1) is 6.10 Å². The zero-order valence-electron chi connectivity index (χ0n) is 13.9. The number of carbonyl (C=O) groups is 1. The number of aliphatic hydroxyl groups is 1. The lowest BCUT2D eigenvalue weighted by Crippen LogP contribution is -2.44. The van der Waals surface area contributed by atoms with Gasteiger partial charge in [0.25, 0.3) is 0 Å². The second-order valence-electron chi connectivity index (χ2n) is 6.62. The highest BCUT2D eigenvalue weighted by atomic mass is 19.1. The van der Waals surface area contributed by atoms with Crippen molar-refractivity contribution in [3.63, 3.8) is 0 Å². The third-order valence-electron chi connectivity index (χ3n) is 4.49. The molecular weight excluding hydrogens is 295 g/mol. The summed E-state index contributed by atoms with van der Waals surface area (Å²) in [6.45, 7) is 3.62. The van der Waals surface area contributed by atoms with Gasteiger partial charge in [-0.15, -0.1) is 0 Å². The quantitative estimate of drug-likeness (QED) is 0.754. The molecule has 2 atom stereocenters. The predicted molar refractivity (Wildman–Crippen MR) is 88.4 cm³/mol. The Bertz CT molecular complexity index is 498. The van der Waals surface area contributed by atoms with Gasteiger partial charge in [-0.2, -0.15) is 0 Å². The van der Waals surface area contributed by atoms with Gasteiger partial charge in [-0.05, 0) is 56.7 Å². The number of rotatable bonds is 6. The van der Waals surface area contributed by atoms with E-state index in [1.807, 2.05) is 0 Å². The number of nitrogens with one attached hydrogen (secondary N) is 2. The normalized spacial score (nSPS) is 24.0.